The van der Waals surface area contributed by atoms with Gasteiger partial charge in [0.25, 0.3) is 5.91 Å². The molecule has 0 radical (unpaired) electrons. The third-order valence-electron chi connectivity index (χ3n) is 4.20. The zero-order valence-electron chi connectivity index (χ0n) is 16.0. The maximum absolute atomic E-state index is 13.8. The van der Waals surface area contributed by atoms with Crippen LogP contribution in [0.15, 0.2) is 53.4 Å². The Hall–Kier alpha value is -2.81. The predicted octanol–water partition coefficient (Wildman–Crippen LogP) is 2.31. The fraction of sp³-hybridized carbons (Fsp3) is 0.300. The lowest BCUT2D eigenvalue weighted by atomic mass is 10.0. The maximum Gasteiger partial charge on any atom is 0.257 e. The fourth-order valence-electron chi connectivity index (χ4n) is 2.63. The lowest BCUT2D eigenvalue weighted by Gasteiger charge is -2.22. The summed E-state index contributed by atoms with van der Waals surface area (Å²) < 4.78 is 52.1. The van der Waals surface area contributed by atoms with Gasteiger partial charge in [0.15, 0.2) is 9.84 Å². The Morgan fingerprint density at radius 1 is 0.966 bits per heavy atom. The van der Waals surface area contributed by atoms with E-state index in [1.54, 1.807) is 32.0 Å². The highest BCUT2D eigenvalue weighted by atomic mass is 32.2. The molecule has 156 valence electrons. The van der Waals surface area contributed by atoms with Gasteiger partial charge in [0.2, 0.25) is 5.91 Å². The van der Waals surface area contributed by atoms with Crippen LogP contribution >= 0.6 is 0 Å². The molecular weight excluding hydrogens is 402 g/mol. The van der Waals surface area contributed by atoms with Crippen molar-refractivity contribution < 1.29 is 26.8 Å². The van der Waals surface area contributed by atoms with E-state index >= 15 is 0 Å². The minimum atomic E-state index is -3.58. The van der Waals surface area contributed by atoms with E-state index in [0.29, 0.717) is 0 Å². The summed E-state index contributed by atoms with van der Waals surface area (Å²) in [6.45, 7) is 3.11. The Morgan fingerprint density at radius 2 is 1.55 bits per heavy atom. The van der Waals surface area contributed by atoms with Crippen molar-refractivity contribution in [3.05, 3.63) is 65.7 Å². The molecule has 0 aliphatic carbocycles. The number of amides is 2. The van der Waals surface area contributed by atoms with Crippen molar-refractivity contribution in [1.29, 1.82) is 0 Å². The van der Waals surface area contributed by atoms with Crippen molar-refractivity contribution in [1.82, 2.24) is 10.6 Å². The highest BCUT2D eigenvalue weighted by molar-refractivity contribution is 7.91. The topological polar surface area (TPSA) is 92.3 Å². The van der Waals surface area contributed by atoms with Crippen molar-refractivity contribution >= 4 is 21.7 Å². The van der Waals surface area contributed by atoms with Crippen LogP contribution in [0.1, 0.15) is 24.2 Å². The largest absolute Gasteiger partial charge is 0.353 e. The number of carbonyl (C=O) groups is 2. The molecule has 0 saturated carbocycles. The van der Waals surface area contributed by atoms with Gasteiger partial charge in [0.1, 0.15) is 23.2 Å². The van der Waals surface area contributed by atoms with Gasteiger partial charge in [-0.05, 0) is 30.2 Å². The molecular formula is C20H22F2N2O4S. The Labute approximate surface area is 168 Å². The zero-order chi connectivity index (χ0) is 21.6. The van der Waals surface area contributed by atoms with E-state index in [-0.39, 0.29) is 17.2 Å². The van der Waals surface area contributed by atoms with E-state index in [1.807, 2.05) is 0 Å². The van der Waals surface area contributed by atoms with Gasteiger partial charge in [-0.1, -0.05) is 38.1 Å². The summed E-state index contributed by atoms with van der Waals surface area (Å²) in [6, 6.07) is 9.70. The van der Waals surface area contributed by atoms with Crippen LogP contribution in [0.25, 0.3) is 0 Å². The first-order chi connectivity index (χ1) is 13.6. The second kappa shape index (κ2) is 9.60. The molecule has 0 bridgehead atoms. The minimum absolute atomic E-state index is 0.137. The summed E-state index contributed by atoms with van der Waals surface area (Å²) in [5.41, 5.74) is -0.780. The van der Waals surface area contributed by atoms with E-state index in [2.05, 4.69) is 10.6 Å². The van der Waals surface area contributed by atoms with E-state index in [4.69, 9.17) is 0 Å². The Morgan fingerprint density at radius 3 is 2.10 bits per heavy atom. The van der Waals surface area contributed by atoms with Crippen LogP contribution in [-0.2, 0) is 14.6 Å². The Balaban J connectivity index is 2.02. The highest BCUT2D eigenvalue weighted by Crippen LogP contribution is 2.13. The molecule has 2 amide bonds. The molecule has 0 aliphatic heterocycles. The molecule has 6 nitrogen and oxygen atoms in total. The Kier molecular flexibility index (Phi) is 7.44. The monoisotopic (exact) mass is 424 g/mol. The number of nitrogens with one attached hydrogen (secondary N) is 2. The zero-order valence-corrected chi connectivity index (χ0v) is 16.8. The van der Waals surface area contributed by atoms with Crippen molar-refractivity contribution in [3.63, 3.8) is 0 Å². The second-order valence-corrected chi connectivity index (χ2v) is 8.82. The molecule has 2 rings (SSSR count). The summed E-state index contributed by atoms with van der Waals surface area (Å²) in [7, 11) is -3.58. The molecule has 9 heteroatoms. The molecule has 0 aliphatic rings. The van der Waals surface area contributed by atoms with Gasteiger partial charge in [-0.15, -0.1) is 0 Å². The van der Waals surface area contributed by atoms with Crippen LogP contribution in [0.2, 0.25) is 0 Å². The quantitative estimate of drug-likeness (QED) is 0.680. The first kappa shape index (κ1) is 22.5. The summed E-state index contributed by atoms with van der Waals surface area (Å²) in [5.74, 6) is -4.53. The van der Waals surface area contributed by atoms with Crippen LogP contribution < -0.4 is 10.6 Å². The third-order valence-corrected chi connectivity index (χ3v) is 5.93. The van der Waals surface area contributed by atoms with E-state index in [0.717, 1.165) is 18.2 Å². The van der Waals surface area contributed by atoms with Gasteiger partial charge in [-0.2, -0.15) is 0 Å². The average Bonchev–Trinajstić information content (AvgIpc) is 2.66. The number of hydrogen-bond donors (Lipinski definition) is 2. The van der Waals surface area contributed by atoms with Crippen LogP contribution in [0.4, 0.5) is 8.78 Å². The van der Waals surface area contributed by atoms with Crippen molar-refractivity contribution in [2.45, 2.75) is 24.8 Å². The lowest BCUT2D eigenvalue weighted by Crippen LogP contribution is -2.50. The molecule has 29 heavy (non-hydrogen) atoms. The van der Waals surface area contributed by atoms with Gasteiger partial charge >= 0.3 is 0 Å². The maximum atomic E-state index is 13.8. The lowest BCUT2D eigenvalue weighted by molar-refractivity contribution is -0.123. The number of rotatable bonds is 8. The molecule has 0 fully saturated rings. The molecule has 0 unspecified atom stereocenters. The van der Waals surface area contributed by atoms with Gasteiger partial charge in [-0.25, -0.2) is 17.2 Å². The summed E-state index contributed by atoms with van der Waals surface area (Å²) >= 11 is 0. The smallest absolute Gasteiger partial charge is 0.257 e. The Bertz CT molecular complexity index is 959. The molecule has 2 N–H and O–H groups in total. The van der Waals surface area contributed by atoms with Crippen LogP contribution in [0, 0.1) is 17.6 Å². The third kappa shape index (κ3) is 5.83. The SMILES string of the molecule is CC(C)[C@H](NC(=O)c1c(F)cccc1F)C(=O)NCCS(=O)(=O)c1ccccc1. The molecule has 2 aromatic carbocycles. The van der Waals surface area contributed by atoms with Crippen LogP contribution in [0.5, 0.6) is 0 Å². The standard InChI is InChI=1S/C20H22F2N2O4S/c1-13(2)18(24-19(25)17-15(21)9-6-10-16(17)22)20(26)23-11-12-29(27,28)14-7-4-3-5-8-14/h3-10,13,18H,11-12H2,1-2H3,(H,23,26)(H,24,25)/t18-/m0/s1. The second-order valence-electron chi connectivity index (χ2n) is 6.71. The number of benzene rings is 2. The number of sulfone groups is 1. The average molecular weight is 424 g/mol. The van der Waals surface area contributed by atoms with Gasteiger partial charge in [0.05, 0.1) is 10.6 Å². The van der Waals surface area contributed by atoms with Gasteiger partial charge in [0, 0.05) is 6.54 Å². The van der Waals surface area contributed by atoms with E-state index in [9.17, 15) is 26.8 Å². The minimum Gasteiger partial charge on any atom is -0.353 e. The number of halogens is 2. The van der Waals surface area contributed by atoms with Crippen LogP contribution in [-0.4, -0.2) is 38.6 Å². The molecule has 0 spiro atoms. The van der Waals surface area contributed by atoms with Gasteiger partial charge < -0.3 is 10.6 Å². The first-order valence-corrected chi connectivity index (χ1v) is 10.6. The molecule has 2 aromatic rings. The predicted molar refractivity (Wildman–Crippen MR) is 104 cm³/mol. The van der Waals surface area contributed by atoms with Crippen molar-refractivity contribution in [2.24, 2.45) is 5.92 Å². The molecule has 0 heterocycles. The highest BCUT2D eigenvalue weighted by Gasteiger charge is 2.27. The van der Waals surface area contributed by atoms with Crippen LogP contribution in [0.3, 0.4) is 0 Å². The van der Waals surface area contributed by atoms with Gasteiger partial charge in [-0.3, -0.25) is 9.59 Å². The van der Waals surface area contributed by atoms with E-state index in [1.165, 1.54) is 12.1 Å². The first-order valence-electron chi connectivity index (χ1n) is 8.94. The van der Waals surface area contributed by atoms with Crippen molar-refractivity contribution in [3.8, 4) is 0 Å². The normalized spacial score (nSPS) is 12.4. The van der Waals surface area contributed by atoms with E-state index < -0.39 is 50.8 Å². The molecule has 0 saturated heterocycles. The number of carbonyl (C=O) groups excluding carboxylic acids is 2. The molecule has 0 aromatic heterocycles. The summed E-state index contributed by atoms with van der Waals surface area (Å²) in [4.78, 5) is 24.8. The summed E-state index contributed by atoms with van der Waals surface area (Å²) in [5, 5.41) is 4.77. The number of hydrogen-bond acceptors (Lipinski definition) is 4. The fourth-order valence-corrected chi connectivity index (χ4v) is 3.81. The molecule has 1 atom stereocenters. The summed E-state index contributed by atoms with van der Waals surface area (Å²) in [6.07, 6.45) is 0. The van der Waals surface area contributed by atoms with Crippen molar-refractivity contribution in [2.75, 3.05) is 12.3 Å².